The molecular weight excluding hydrogens is 392 g/mol. The van der Waals surface area contributed by atoms with E-state index >= 15 is 0 Å². The fraction of sp³-hybridized carbons (Fsp3) is 0.778. The first-order valence-corrected chi connectivity index (χ1v) is 10.1. The van der Waals surface area contributed by atoms with Gasteiger partial charge < -0.3 is 33.6 Å². The Labute approximate surface area is 181 Å². The predicted molar refractivity (Wildman–Crippen MR) is 128 cm³/mol. The third kappa shape index (κ3) is 21.9. The predicted octanol–water partition coefficient (Wildman–Crippen LogP) is 0.659. The number of amidine groups is 1. The first-order chi connectivity index (χ1) is 13.5. The molecule has 0 aromatic carbocycles. The highest BCUT2D eigenvalue weighted by atomic mass is 35.5. The maximum atomic E-state index is 5.81. The van der Waals surface area contributed by atoms with Crippen molar-refractivity contribution in [1.29, 1.82) is 0 Å². The number of halogens is 1. The minimum absolute atomic E-state index is 0. The van der Waals surface area contributed by atoms with Gasteiger partial charge in [0.1, 0.15) is 0 Å². The highest BCUT2D eigenvalue weighted by molar-refractivity contribution is 5.93. The average Bonchev–Trinajstić information content (AvgIpc) is 2.65. The molecule has 11 heteroatoms. The molecule has 0 aliphatic rings. The quantitative estimate of drug-likeness (QED) is 0.133. The van der Waals surface area contributed by atoms with Crippen LogP contribution in [0.3, 0.4) is 0 Å². The first kappa shape index (κ1) is 29.0. The van der Waals surface area contributed by atoms with Crippen LogP contribution in [0.2, 0.25) is 0 Å². The molecule has 0 rings (SSSR count). The number of nitrogens with zero attached hydrogens (tertiary/aromatic N) is 4. The van der Waals surface area contributed by atoms with Crippen molar-refractivity contribution >= 4 is 36.1 Å². The molecule has 0 saturated heterocycles. The zero-order valence-electron chi connectivity index (χ0n) is 18.0. The van der Waals surface area contributed by atoms with Crippen molar-refractivity contribution < 1.29 is 0 Å². The molecule has 10 nitrogen and oxygen atoms in total. The summed E-state index contributed by atoms with van der Waals surface area (Å²) in [5.74, 6) is 1.65. The summed E-state index contributed by atoms with van der Waals surface area (Å²) in [6.45, 7) is 4.86. The molecule has 29 heavy (non-hydrogen) atoms. The fourth-order valence-corrected chi connectivity index (χ4v) is 2.34. The molecule has 0 aliphatic heterocycles. The lowest BCUT2D eigenvalue weighted by Gasteiger charge is -2.06. The molecule has 0 atom stereocenters. The van der Waals surface area contributed by atoms with Crippen LogP contribution in [0.25, 0.3) is 0 Å². The second kappa shape index (κ2) is 20.5. The van der Waals surface area contributed by atoms with E-state index in [-0.39, 0.29) is 18.4 Å². The molecule has 0 amide bonds. The normalized spacial score (nSPS) is 13.2. The first-order valence-electron chi connectivity index (χ1n) is 10.1. The Morgan fingerprint density at radius 1 is 0.690 bits per heavy atom. The molecular formula is C18H41ClN10. The SMILES string of the molecule is CN=C(N)NCCCCCCNC(N)=NC(N)=NCCCCCCN=C(C)N.Cl. The average molecular weight is 433 g/mol. The van der Waals surface area contributed by atoms with Gasteiger partial charge in [0.25, 0.3) is 0 Å². The van der Waals surface area contributed by atoms with Gasteiger partial charge in [-0.25, -0.2) is 0 Å². The number of rotatable bonds is 14. The number of hydrogen-bond donors (Lipinski definition) is 6. The number of unbranched alkanes of at least 4 members (excludes halogenated alkanes) is 6. The van der Waals surface area contributed by atoms with Gasteiger partial charge in [-0.1, -0.05) is 25.7 Å². The molecule has 0 aromatic rings. The molecule has 0 aliphatic carbocycles. The van der Waals surface area contributed by atoms with Gasteiger partial charge in [0.15, 0.2) is 11.9 Å². The van der Waals surface area contributed by atoms with Crippen LogP contribution < -0.4 is 33.6 Å². The van der Waals surface area contributed by atoms with E-state index in [1.54, 1.807) is 14.0 Å². The van der Waals surface area contributed by atoms with E-state index in [1.165, 1.54) is 0 Å². The standard InChI is InChI=1S/C18H40N10.ClH/c1-15(19)24-11-7-3-4-9-13-26-17(21)28-18(22)27-14-10-6-5-8-12-25-16(20)23-2;/h3-14H2,1-2H3,(H2,19,24)(H3,20,23,25)(H5,21,22,26,27,28);1H. The Balaban J connectivity index is 0. The van der Waals surface area contributed by atoms with Gasteiger partial charge in [-0.05, 0) is 32.6 Å². The van der Waals surface area contributed by atoms with Gasteiger partial charge in [0, 0.05) is 33.2 Å². The largest absolute Gasteiger partial charge is 0.388 e. The summed E-state index contributed by atoms with van der Waals surface area (Å²) in [6, 6.07) is 0. The minimum Gasteiger partial charge on any atom is -0.388 e. The Morgan fingerprint density at radius 2 is 1.17 bits per heavy atom. The topological polar surface area (TPSA) is 178 Å². The maximum absolute atomic E-state index is 5.81. The second-order valence-electron chi connectivity index (χ2n) is 6.55. The van der Waals surface area contributed by atoms with E-state index in [0.29, 0.717) is 24.3 Å². The highest BCUT2D eigenvalue weighted by Crippen LogP contribution is 2.00. The summed E-state index contributed by atoms with van der Waals surface area (Å²) in [6.07, 6.45) is 8.49. The van der Waals surface area contributed by atoms with Crippen LogP contribution in [0.1, 0.15) is 58.3 Å². The number of hydrogen-bond acceptors (Lipinski definition) is 3. The van der Waals surface area contributed by atoms with Gasteiger partial charge in [-0.3, -0.25) is 15.0 Å². The van der Waals surface area contributed by atoms with Gasteiger partial charge in [0.2, 0.25) is 5.96 Å². The van der Waals surface area contributed by atoms with Crippen molar-refractivity contribution in [1.82, 2.24) is 10.6 Å². The summed E-state index contributed by atoms with van der Waals surface area (Å²) < 4.78 is 0. The van der Waals surface area contributed by atoms with E-state index in [9.17, 15) is 0 Å². The number of nitrogens with two attached hydrogens (primary N) is 4. The van der Waals surface area contributed by atoms with Crippen LogP contribution in [-0.4, -0.2) is 56.9 Å². The van der Waals surface area contributed by atoms with Crippen LogP contribution in [0.4, 0.5) is 0 Å². The summed E-state index contributed by atoms with van der Waals surface area (Å²) >= 11 is 0. The number of nitrogens with one attached hydrogen (secondary N) is 2. The van der Waals surface area contributed by atoms with E-state index in [1.807, 2.05) is 0 Å². The monoisotopic (exact) mass is 432 g/mol. The smallest absolute Gasteiger partial charge is 0.218 e. The van der Waals surface area contributed by atoms with E-state index in [4.69, 9.17) is 22.9 Å². The minimum atomic E-state index is 0. The maximum Gasteiger partial charge on any atom is 0.218 e. The summed E-state index contributed by atoms with van der Waals surface area (Å²) in [4.78, 5) is 16.3. The molecule has 10 N–H and O–H groups in total. The zero-order valence-corrected chi connectivity index (χ0v) is 18.8. The molecule has 0 aromatic heterocycles. The molecule has 0 heterocycles. The fourth-order valence-electron chi connectivity index (χ4n) is 2.34. The van der Waals surface area contributed by atoms with Crippen molar-refractivity contribution in [3.05, 3.63) is 0 Å². The Kier molecular flexibility index (Phi) is 20.5. The van der Waals surface area contributed by atoms with Gasteiger partial charge in [-0.2, -0.15) is 4.99 Å². The van der Waals surface area contributed by atoms with Crippen molar-refractivity contribution in [2.45, 2.75) is 58.3 Å². The highest BCUT2D eigenvalue weighted by Gasteiger charge is 1.96. The van der Waals surface area contributed by atoms with Crippen LogP contribution in [-0.2, 0) is 0 Å². The second-order valence-corrected chi connectivity index (χ2v) is 6.55. The third-order valence-electron chi connectivity index (χ3n) is 3.89. The lowest BCUT2D eigenvalue weighted by molar-refractivity contribution is 0.622. The Morgan fingerprint density at radius 3 is 1.69 bits per heavy atom. The van der Waals surface area contributed by atoms with Crippen LogP contribution in [0.15, 0.2) is 20.0 Å². The molecule has 0 spiro atoms. The van der Waals surface area contributed by atoms with Crippen molar-refractivity contribution in [3.63, 3.8) is 0 Å². The summed E-state index contributed by atoms with van der Waals surface area (Å²) in [7, 11) is 1.67. The van der Waals surface area contributed by atoms with E-state index in [0.717, 1.165) is 71.0 Å². The summed E-state index contributed by atoms with van der Waals surface area (Å²) in [5.41, 5.74) is 22.6. The van der Waals surface area contributed by atoms with Crippen LogP contribution in [0.5, 0.6) is 0 Å². The van der Waals surface area contributed by atoms with Crippen LogP contribution >= 0.6 is 12.4 Å². The van der Waals surface area contributed by atoms with Crippen molar-refractivity contribution in [3.8, 4) is 0 Å². The Hall–Kier alpha value is -2.23. The van der Waals surface area contributed by atoms with Gasteiger partial charge in [-0.15, -0.1) is 12.4 Å². The lowest BCUT2D eigenvalue weighted by atomic mass is 10.2. The zero-order chi connectivity index (χ0) is 21.0. The van der Waals surface area contributed by atoms with Gasteiger partial charge >= 0.3 is 0 Å². The van der Waals surface area contributed by atoms with E-state index in [2.05, 4.69) is 30.6 Å². The number of aliphatic imine (C=N–C) groups is 4. The van der Waals surface area contributed by atoms with E-state index < -0.39 is 0 Å². The van der Waals surface area contributed by atoms with Crippen molar-refractivity contribution in [2.24, 2.45) is 42.9 Å². The molecule has 170 valence electrons. The van der Waals surface area contributed by atoms with Crippen molar-refractivity contribution in [2.75, 3.05) is 33.2 Å². The molecule has 0 bridgehead atoms. The lowest BCUT2D eigenvalue weighted by Crippen LogP contribution is -2.34. The Bertz CT molecular complexity index is 513. The number of guanidine groups is 3. The molecule has 0 radical (unpaired) electrons. The van der Waals surface area contributed by atoms with Gasteiger partial charge in [0.05, 0.1) is 5.84 Å². The molecule has 0 saturated carbocycles. The summed E-state index contributed by atoms with van der Waals surface area (Å²) in [5, 5.41) is 6.09. The van der Waals surface area contributed by atoms with Crippen LogP contribution in [0, 0.1) is 0 Å². The molecule has 0 fully saturated rings. The third-order valence-corrected chi connectivity index (χ3v) is 3.89. The molecule has 0 unspecified atom stereocenters.